The molecular weight excluding hydrogens is 196 g/mol. The van der Waals surface area contributed by atoms with Crippen LogP contribution in [0.15, 0.2) is 18.2 Å². The van der Waals surface area contributed by atoms with E-state index in [-0.39, 0.29) is 24.7 Å². The predicted octanol–water partition coefficient (Wildman–Crippen LogP) is 0.350. The highest BCUT2D eigenvalue weighted by Gasteiger charge is 2.21. The number of phenolic OH excluding ortho intramolecular Hbond substituents is 1. The third-order valence-electron chi connectivity index (χ3n) is 2.23. The molecule has 1 aromatic carbocycles. The molecule has 0 aliphatic carbocycles. The van der Waals surface area contributed by atoms with E-state index in [0.717, 1.165) is 6.29 Å². The summed E-state index contributed by atoms with van der Waals surface area (Å²) in [6, 6.07) is 4.63. The van der Waals surface area contributed by atoms with Crippen molar-refractivity contribution in [3.8, 4) is 5.75 Å². The lowest BCUT2D eigenvalue weighted by Crippen LogP contribution is -2.39. The molecule has 1 amide bonds. The molecule has 2 N–H and O–H groups in total. The van der Waals surface area contributed by atoms with Crippen LogP contribution in [0.4, 0.5) is 11.4 Å². The Bertz CT molecular complexity index is 417. The molecular formula is C10H10N2O3. The number of nitrogens with zero attached hydrogens (tertiary/aromatic N) is 1. The number of hydrogen-bond acceptors (Lipinski definition) is 4. The van der Waals surface area contributed by atoms with Gasteiger partial charge in [0.1, 0.15) is 12.0 Å². The first-order valence-electron chi connectivity index (χ1n) is 4.52. The Labute approximate surface area is 86.3 Å². The van der Waals surface area contributed by atoms with Gasteiger partial charge in [-0.05, 0) is 12.1 Å². The fourth-order valence-corrected chi connectivity index (χ4v) is 1.59. The van der Waals surface area contributed by atoms with E-state index in [1.54, 1.807) is 11.0 Å². The summed E-state index contributed by atoms with van der Waals surface area (Å²) in [5.74, 6) is -0.0455. The molecule has 1 aromatic rings. The molecule has 0 unspecified atom stereocenters. The van der Waals surface area contributed by atoms with Crippen molar-refractivity contribution in [2.45, 2.75) is 0 Å². The van der Waals surface area contributed by atoms with Crippen LogP contribution in [0, 0.1) is 0 Å². The predicted molar refractivity (Wildman–Crippen MR) is 55.0 cm³/mol. The summed E-state index contributed by atoms with van der Waals surface area (Å²) in [5, 5.41) is 12.0. The standard InChI is InChI=1S/C10H10N2O3/c13-4-3-12-6-10(15)11-8-2-1-7(14)5-9(8)12/h1-2,4-5,14H,3,6H2,(H,11,15). The number of carbonyl (C=O) groups is 2. The first kappa shape index (κ1) is 9.51. The molecule has 78 valence electrons. The third kappa shape index (κ3) is 1.76. The van der Waals surface area contributed by atoms with Gasteiger partial charge in [-0.15, -0.1) is 0 Å². The van der Waals surface area contributed by atoms with Crippen LogP contribution in [0.3, 0.4) is 0 Å². The fraction of sp³-hybridized carbons (Fsp3) is 0.200. The molecule has 1 aliphatic heterocycles. The van der Waals surface area contributed by atoms with E-state index in [0.29, 0.717) is 11.4 Å². The molecule has 5 heteroatoms. The third-order valence-corrected chi connectivity index (χ3v) is 2.23. The molecule has 0 bridgehead atoms. The molecule has 0 saturated heterocycles. The molecule has 0 atom stereocenters. The summed E-state index contributed by atoms with van der Waals surface area (Å²) >= 11 is 0. The normalized spacial score (nSPS) is 14.4. The van der Waals surface area contributed by atoms with Crippen molar-refractivity contribution < 1.29 is 14.7 Å². The van der Waals surface area contributed by atoms with Crippen molar-refractivity contribution in [2.75, 3.05) is 23.3 Å². The quantitative estimate of drug-likeness (QED) is 0.541. The Balaban J connectivity index is 2.42. The zero-order chi connectivity index (χ0) is 10.8. The molecule has 0 radical (unpaired) electrons. The van der Waals surface area contributed by atoms with Gasteiger partial charge in [0.05, 0.1) is 24.5 Å². The zero-order valence-electron chi connectivity index (χ0n) is 7.93. The Hall–Kier alpha value is -2.04. The number of carbonyl (C=O) groups excluding carboxylic acids is 2. The highest BCUT2D eigenvalue weighted by molar-refractivity contribution is 6.01. The van der Waals surface area contributed by atoms with E-state index in [9.17, 15) is 14.7 Å². The van der Waals surface area contributed by atoms with Crippen LogP contribution >= 0.6 is 0 Å². The second-order valence-electron chi connectivity index (χ2n) is 3.30. The Kier molecular flexibility index (Phi) is 2.29. The Morgan fingerprint density at radius 2 is 2.33 bits per heavy atom. The van der Waals surface area contributed by atoms with E-state index in [1.165, 1.54) is 12.1 Å². The molecule has 2 rings (SSSR count). The van der Waals surface area contributed by atoms with Crippen LogP contribution in [0.2, 0.25) is 0 Å². The summed E-state index contributed by atoms with van der Waals surface area (Å²) < 4.78 is 0. The molecule has 0 spiro atoms. The van der Waals surface area contributed by atoms with Gasteiger partial charge in [-0.25, -0.2) is 0 Å². The molecule has 1 heterocycles. The number of fused-ring (bicyclic) bond motifs is 1. The number of amides is 1. The molecule has 1 aliphatic rings. The molecule has 5 nitrogen and oxygen atoms in total. The van der Waals surface area contributed by atoms with Crippen molar-refractivity contribution in [1.29, 1.82) is 0 Å². The number of aromatic hydroxyl groups is 1. The van der Waals surface area contributed by atoms with Crippen molar-refractivity contribution in [1.82, 2.24) is 0 Å². The number of phenols is 1. The molecule has 0 saturated carbocycles. The van der Waals surface area contributed by atoms with Crippen LogP contribution in [-0.2, 0) is 9.59 Å². The van der Waals surface area contributed by atoms with Crippen molar-refractivity contribution >= 4 is 23.6 Å². The lowest BCUT2D eigenvalue weighted by Gasteiger charge is -2.29. The van der Waals surface area contributed by atoms with Crippen LogP contribution in [-0.4, -0.2) is 30.4 Å². The number of benzene rings is 1. The summed E-state index contributed by atoms with van der Waals surface area (Å²) in [4.78, 5) is 23.3. The van der Waals surface area contributed by atoms with Crippen LogP contribution in [0.5, 0.6) is 5.75 Å². The van der Waals surface area contributed by atoms with E-state index in [4.69, 9.17) is 0 Å². The van der Waals surface area contributed by atoms with Crippen molar-refractivity contribution in [3.63, 3.8) is 0 Å². The van der Waals surface area contributed by atoms with E-state index in [1.807, 2.05) is 0 Å². The van der Waals surface area contributed by atoms with Crippen LogP contribution < -0.4 is 10.2 Å². The molecule has 15 heavy (non-hydrogen) atoms. The Morgan fingerprint density at radius 1 is 1.53 bits per heavy atom. The minimum atomic E-state index is -0.157. The van der Waals surface area contributed by atoms with Gasteiger partial charge >= 0.3 is 0 Å². The van der Waals surface area contributed by atoms with E-state index < -0.39 is 0 Å². The SMILES string of the molecule is O=CCN1CC(=O)Nc2ccc(O)cc21. The maximum absolute atomic E-state index is 11.3. The average Bonchev–Trinajstić information content (AvgIpc) is 2.19. The van der Waals surface area contributed by atoms with Crippen LogP contribution in [0.1, 0.15) is 0 Å². The van der Waals surface area contributed by atoms with Gasteiger partial charge in [-0.2, -0.15) is 0 Å². The number of nitrogens with one attached hydrogen (secondary N) is 1. The monoisotopic (exact) mass is 206 g/mol. The summed E-state index contributed by atoms with van der Waals surface area (Å²) in [6.07, 6.45) is 0.729. The van der Waals surface area contributed by atoms with Gasteiger partial charge in [0, 0.05) is 6.07 Å². The van der Waals surface area contributed by atoms with Gasteiger partial charge in [-0.1, -0.05) is 0 Å². The highest BCUT2D eigenvalue weighted by Crippen LogP contribution is 2.32. The van der Waals surface area contributed by atoms with Gasteiger partial charge in [0.25, 0.3) is 0 Å². The number of aldehydes is 1. The van der Waals surface area contributed by atoms with Crippen molar-refractivity contribution in [2.24, 2.45) is 0 Å². The maximum atomic E-state index is 11.3. The number of hydrogen-bond donors (Lipinski definition) is 2. The second-order valence-corrected chi connectivity index (χ2v) is 3.30. The summed E-state index contributed by atoms with van der Waals surface area (Å²) in [6.45, 7) is 0.277. The van der Waals surface area contributed by atoms with E-state index in [2.05, 4.69) is 5.32 Å². The van der Waals surface area contributed by atoms with E-state index >= 15 is 0 Å². The van der Waals surface area contributed by atoms with Gasteiger partial charge < -0.3 is 20.1 Å². The minimum absolute atomic E-state index is 0.112. The lowest BCUT2D eigenvalue weighted by molar-refractivity contribution is -0.115. The lowest BCUT2D eigenvalue weighted by atomic mass is 10.2. The first-order chi connectivity index (χ1) is 7.20. The van der Waals surface area contributed by atoms with Crippen molar-refractivity contribution in [3.05, 3.63) is 18.2 Å². The maximum Gasteiger partial charge on any atom is 0.243 e. The zero-order valence-corrected chi connectivity index (χ0v) is 7.93. The number of rotatable bonds is 2. The largest absolute Gasteiger partial charge is 0.508 e. The smallest absolute Gasteiger partial charge is 0.243 e. The second kappa shape index (κ2) is 3.61. The van der Waals surface area contributed by atoms with Crippen LogP contribution in [0.25, 0.3) is 0 Å². The minimum Gasteiger partial charge on any atom is -0.508 e. The highest BCUT2D eigenvalue weighted by atomic mass is 16.3. The topological polar surface area (TPSA) is 69.6 Å². The summed E-state index contributed by atoms with van der Waals surface area (Å²) in [7, 11) is 0. The fourth-order valence-electron chi connectivity index (χ4n) is 1.59. The molecule has 0 fully saturated rings. The van der Waals surface area contributed by atoms with Gasteiger partial charge in [-0.3, -0.25) is 4.79 Å². The summed E-state index contributed by atoms with van der Waals surface area (Å²) in [5.41, 5.74) is 1.28. The first-order valence-corrected chi connectivity index (χ1v) is 4.52. The molecule has 0 aromatic heterocycles. The number of anilines is 2. The Morgan fingerprint density at radius 3 is 3.07 bits per heavy atom. The van der Waals surface area contributed by atoms with Gasteiger partial charge in [0.2, 0.25) is 5.91 Å². The van der Waals surface area contributed by atoms with Gasteiger partial charge in [0.15, 0.2) is 0 Å². The average molecular weight is 206 g/mol.